The average Bonchev–Trinajstić information content (AvgIpc) is 2.73. The van der Waals surface area contributed by atoms with Crippen molar-refractivity contribution in [2.45, 2.75) is 30.3 Å². The minimum absolute atomic E-state index is 0.189. The molecule has 0 saturated carbocycles. The van der Waals surface area contributed by atoms with Crippen LogP contribution in [0.15, 0.2) is 70.6 Å². The van der Waals surface area contributed by atoms with Crippen molar-refractivity contribution in [3.63, 3.8) is 0 Å². The number of nitrogens with one attached hydrogen (secondary N) is 1. The van der Waals surface area contributed by atoms with Crippen LogP contribution in [0.25, 0.3) is 0 Å². The zero-order chi connectivity index (χ0) is 20.1. The molecule has 28 heavy (non-hydrogen) atoms. The number of nitrogens with zero attached hydrogens (tertiary/aromatic N) is 3. The number of nitrogen functional groups attached to an aromatic ring is 1. The third-order valence-corrected chi connectivity index (χ3v) is 5.28. The lowest BCUT2D eigenvalue weighted by Gasteiger charge is -2.22. The Balaban J connectivity index is 1.80. The molecule has 0 saturated heterocycles. The minimum atomic E-state index is -0.527. The van der Waals surface area contributed by atoms with E-state index < -0.39 is 10.8 Å². The van der Waals surface area contributed by atoms with Gasteiger partial charge in [0.05, 0.1) is 11.3 Å². The highest BCUT2D eigenvalue weighted by Gasteiger charge is 2.23. The highest BCUT2D eigenvalue weighted by atomic mass is 32.2. The molecule has 0 aliphatic heterocycles. The van der Waals surface area contributed by atoms with Crippen LogP contribution < -0.4 is 16.7 Å². The van der Waals surface area contributed by atoms with Gasteiger partial charge >= 0.3 is 0 Å². The third-order valence-electron chi connectivity index (χ3n) is 4.22. The molecule has 7 nitrogen and oxygen atoms in total. The van der Waals surface area contributed by atoms with E-state index >= 15 is 0 Å². The zero-order valence-electron chi connectivity index (χ0n) is 15.6. The molecule has 0 aliphatic carbocycles. The summed E-state index contributed by atoms with van der Waals surface area (Å²) in [6.07, 6.45) is 0. The molecule has 3 rings (SSSR count). The minimum Gasteiger partial charge on any atom is -0.344 e. The smallest absolute Gasteiger partial charge is 0.294 e. The lowest BCUT2D eigenvalue weighted by molar-refractivity contribution is -0.120. The van der Waals surface area contributed by atoms with Gasteiger partial charge in [-0.15, -0.1) is 10.2 Å². The number of nitrogens with two attached hydrogens (primary N) is 1. The average molecular weight is 395 g/mol. The van der Waals surface area contributed by atoms with Gasteiger partial charge in [0.25, 0.3) is 5.56 Å². The Bertz CT molecular complexity index is 969. The molecule has 0 bridgehead atoms. The van der Waals surface area contributed by atoms with Crippen LogP contribution in [0.4, 0.5) is 0 Å². The number of carbonyl (C=O) groups excluding carboxylic acids is 1. The predicted octanol–water partition coefficient (Wildman–Crippen LogP) is 2.05. The second-order valence-corrected chi connectivity index (χ2v) is 7.57. The maximum Gasteiger partial charge on any atom is 0.294 e. The topological polar surface area (TPSA) is 103 Å². The number of carbonyl (C=O) groups is 1. The summed E-state index contributed by atoms with van der Waals surface area (Å²) in [5, 5.41) is 10.5. The van der Waals surface area contributed by atoms with Crippen molar-refractivity contribution < 1.29 is 4.79 Å². The molecule has 1 atom stereocenters. The number of aromatic nitrogens is 3. The standard InChI is InChI=1S/C20H21N5O2S/c1-13-19(27)25(21)20(24-23-13)28-14(2)18(26)22-17(15-9-5-3-6-10-15)16-11-7-4-8-12-16/h3-12,14,17H,21H2,1-2H3,(H,22,26)/t14-/m0/s1. The van der Waals surface area contributed by atoms with Crippen molar-refractivity contribution in [1.82, 2.24) is 20.2 Å². The van der Waals surface area contributed by atoms with E-state index in [2.05, 4.69) is 15.5 Å². The van der Waals surface area contributed by atoms with Gasteiger partial charge in [-0.1, -0.05) is 72.4 Å². The van der Waals surface area contributed by atoms with E-state index in [9.17, 15) is 9.59 Å². The molecule has 0 radical (unpaired) electrons. The largest absolute Gasteiger partial charge is 0.344 e. The Morgan fingerprint density at radius 2 is 1.57 bits per heavy atom. The van der Waals surface area contributed by atoms with Gasteiger partial charge in [-0.25, -0.2) is 0 Å². The van der Waals surface area contributed by atoms with Crippen LogP contribution in [0.2, 0.25) is 0 Å². The second-order valence-electron chi connectivity index (χ2n) is 6.27. The first kappa shape index (κ1) is 19.6. The monoisotopic (exact) mass is 395 g/mol. The lowest BCUT2D eigenvalue weighted by atomic mass is 9.98. The quantitative estimate of drug-likeness (QED) is 0.489. The summed E-state index contributed by atoms with van der Waals surface area (Å²) in [6, 6.07) is 19.2. The number of amides is 1. The Kier molecular flexibility index (Phi) is 6.10. The first-order chi connectivity index (χ1) is 13.5. The molecular weight excluding hydrogens is 374 g/mol. The number of aryl methyl sites for hydroxylation is 1. The molecule has 1 heterocycles. The van der Waals surface area contributed by atoms with Gasteiger partial charge in [0.1, 0.15) is 5.69 Å². The van der Waals surface area contributed by atoms with Gasteiger partial charge in [-0.2, -0.15) is 4.68 Å². The van der Waals surface area contributed by atoms with Crippen LogP contribution in [0, 0.1) is 6.92 Å². The molecule has 0 spiro atoms. The zero-order valence-corrected chi connectivity index (χ0v) is 16.4. The highest BCUT2D eigenvalue weighted by Crippen LogP contribution is 2.24. The van der Waals surface area contributed by atoms with Crippen LogP contribution in [-0.4, -0.2) is 26.0 Å². The molecule has 0 aliphatic rings. The molecule has 144 valence electrons. The Morgan fingerprint density at radius 3 is 2.11 bits per heavy atom. The van der Waals surface area contributed by atoms with E-state index in [-0.39, 0.29) is 22.8 Å². The van der Waals surface area contributed by atoms with Crippen LogP contribution in [0.1, 0.15) is 29.8 Å². The fraction of sp³-hybridized carbons (Fsp3) is 0.200. The first-order valence-electron chi connectivity index (χ1n) is 8.75. The molecule has 2 aromatic carbocycles. The van der Waals surface area contributed by atoms with Crippen molar-refractivity contribution >= 4 is 17.7 Å². The molecule has 1 aromatic heterocycles. The van der Waals surface area contributed by atoms with Gasteiger partial charge in [0.15, 0.2) is 0 Å². The van der Waals surface area contributed by atoms with Crippen molar-refractivity contribution in [3.05, 3.63) is 87.8 Å². The number of hydrogen-bond donors (Lipinski definition) is 2. The van der Waals surface area contributed by atoms with E-state index in [1.54, 1.807) is 6.92 Å². The molecule has 8 heteroatoms. The van der Waals surface area contributed by atoms with Crippen LogP contribution in [0.5, 0.6) is 0 Å². The summed E-state index contributed by atoms with van der Waals surface area (Å²) in [5.74, 6) is 5.57. The fourth-order valence-corrected chi connectivity index (χ4v) is 3.45. The Labute approximate surface area is 167 Å². The first-order valence-corrected chi connectivity index (χ1v) is 9.63. The van der Waals surface area contributed by atoms with E-state index in [0.29, 0.717) is 0 Å². The van der Waals surface area contributed by atoms with Gasteiger partial charge in [-0.05, 0) is 25.0 Å². The van der Waals surface area contributed by atoms with E-state index in [1.807, 2.05) is 60.7 Å². The number of thioether (sulfide) groups is 1. The molecule has 3 N–H and O–H groups in total. The van der Waals surface area contributed by atoms with Crippen molar-refractivity contribution in [2.75, 3.05) is 5.84 Å². The van der Waals surface area contributed by atoms with E-state index in [4.69, 9.17) is 5.84 Å². The summed E-state index contributed by atoms with van der Waals surface area (Å²) in [6.45, 7) is 3.27. The number of hydrogen-bond acceptors (Lipinski definition) is 6. The molecule has 0 fully saturated rings. The Hall–Kier alpha value is -3.13. The lowest BCUT2D eigenvalue weighted by Crippen LogP contribution is -2.37. The maximum atomic E-state index is 12.9. The number of benzene rings is 2. The molecule has 0 unspecified atom stereocenters. The summed E-state index contributed by atoms with van der Waals surface area (Å²) >= 11 is 1.09. The van der Waals surface area contributed by atoms with Gasteiger partial charge in [-0.3, -0.25) is 9.59 Å². The molecular formula is C20H21N5O2S. The van der Waals surface area contributed by atoms with Gasteiger partial charge in [0, 0.05) is 0 Å². The summed E-state index contributed by atoms with van der Waals surface area (Å²) in [4.78, 5) is 24.8. The van der Waals surface area contributed by atoms with E-state index in [1.165, 1.54) is 6.92 Å². The second kappa shape index (κ2) is 8.71. The SMILES string of the molecule is Cc1nnc(S[C@@H](C)C(=O)NC(c2ccccc2)c2ccccc2)n(N)c1=O. The predicted molar refractivity (Wildman–Crippen MR) is 109 cm³/mol. The fourth-order valence-electron chi connectivity index (χ4n) is 2.67. The number of rotatable bonds is 6. The Morgan fingerprint density at radius 1 is 1.04 bits per heavy atom. The van der Waals surface area contributed by atoms with Crippen molar-refractivity contribution in [3.8, 4) is 0 Å². The summed E-state index contributed by atoms with van der Waals surface area (Å²) in [5.41, 5.74) is 1.73. The molecule has 3 aromatic rings. The van der Waals surface area contributed by atoms with Gasteiger partial charge in [0.2, 0.25) is 11.1 Å². The van der Waals surface area contributed by atoms with Crippen molar-refractivity contribution in [1.29, 1.82) is 0 Å². The van der Waals surface area contributed by atoms with Crippen molar-refractivity contribution in [2.24, 2.45) is 0 Å². The third kappa shape index (κ3) is 4.40. The normalized spacial score (nSPS) is 12.0. The van der Waals surface area contributed by atoms with Crippen LogP contribution in [-0.2, 0) is 4.79 Å². The van der Waals surface area contributed by atoms with Crippen LogP contribution in [0.3, 0.4) is 0 Å². The van der Waals surface area contributed by atoms with Gasteiger partial charge < -0.3 is 11.2 Å². The summed E-state index contributed by atoms with van der Waals surface area (Å²) < 4.78 is 0.919. The molecule has 1 amide bonds. The maximum absolute atomic E-state index is 12.9. The highest BCUT2D eigenvalue weighted by molar-refractivity contribution is 8.00. The van der Waals surface area contributed by atoms with Crippen LogP contribution >= 0.6 is 11.8 Å². The van der Waals surface area contributed by atoms with E-state index in [0.717, 1.165) is 27.6 Å². The summed E-state index contributed by atoms with van der Waals surface area (Å²) in [7, 11) is 0.